The molecule has 0 heterocycles. The van der Waals surface area contributed by atoms with Gasteiger partial charge in [0.2, 0.25) is 0 Å². The zero-order chi connectivity index (χ0) is 5.82. The third-order valence-electron chi connectivity index (χ3n) is 0.940. The molecule has 0 aliphatic heterocycles. The highest BCUT2D eigenvalue weighted by atomic mass is 14.4. The zero-order valence-corrected chi connectivity index (χ0v) is 4.46. The average Bonchev–Trinajstić information content (AvgIpc) is 1.90. The van der Waals surface area contributed by atoms with Crippen molar-refractivity contribution in [2.45, 2.75) is 0 Å². The number of terminal acetylenes is 1. The molecule has 0 radical (unpaired) electrons. The summed E-state index contributed by atoms with van der Waals surface area (Å²) in [5.41, 5.74) is 0.938. The van der Waals surface area contributed by atoms with Gasteiger partial charge < -0.3 is 0 Å². The Kier molecular flexibility index (Phi) is 1.34. The van der Waals surface area contributed by atoms with E-state index in [0.29, 0.717) is 0 Å². The first-order valence-corrected chi connectivity index (χ1v) is 2.45. The third-order valence-corrected chi connectivity index (χ3v) is 0.940. The first kappa shape index (κ1) is 4.93. The van der Waals surface area contributed by atoms with Gasteiger partial charge in [-0.1, -0.05) is 24.1 Å². The second kappa shape index (κ2) is 2.18. The molecule has 0 N–H and O–H groups in total. The van der Waals surface area contributed by atoms with Crippen LogP contribution in [0.3, 0.4) is 0 Å². The second-order valence-electron chi connectivity index (χ2n) is 1.51. The van der Waals surface area contributed by atoms with Gasteiger partial charge >= 0.3 is 0 Å². The Morgan fingerprint density at radius 3 is 2.12 bits per heavy atom. The maximum Gasteiger partial charge on any atom is 0.0242 e. The summed E-state index contributed by atoms with van der Waals surface area (Å²) in [6, 6.07) is 9.60. The van der Waals surface area contributed by atoms with Gasteiger partial charge in [-0.25, -0.2) is 0 Å². The molecule has 0 spiro atoms. The van der Waals surface area contributed by atoms with E-state index in [-0.39, 0.29) is 0 Å². The van der Waals surface area contributed by atoms with Crippen LogP contribution in [-0.4, -0.2) is 0 Å². The maximum atomic E-state index is 5.10. The van der Waals surface area contributed by atoms with E-state index in [1.807, 2.05) is 30.3 Å². The summed E-state index contributed by atoms with van der Waals surface area (Å²) in [7, 11) is 0. The van der Waals surface area contributed by atoms with Crippen LogP contribution in [0.5, 0.6) is 0 Å². The molecule has 1 aromatic rings. The van der Waals surface area contributed by atoms with Crippen LogP contribution >= 0.6 is 0 Å². The summed E-state index contributed by atoms with van der Waals surface area (Å²) >= 11 is 0. The Bertz CT molecular complexity index is 191. The molecule has 0 atom stereocenters. The van der Waals surface area contributed by atoms with Gasteiger partial charge in [0.1, 0.15) is 0 Å². The van der Waals surface area contributed by atoms with Crippen LogP contribution in [-0.2, 0) is 0 Å². The standard InChI is InChI=1S/C8H6/c1-2-8-6-4-3-5-7-8/h1,3-7H/i6+1,8+1. The Balaban J connectivity index is 3.05. The summed E-state index contributed by atoms with van der Waals surface area (Å²) in [5, 5.41) is 0. The molecular weight excluding hydrogens is 98.1 g/mol. The van der Waals surface area contributed by atoms with Crippen LogP contribution in [0.4, 0.5) is 0 Å². The van der Waals surface area contributed by atoms with Crippen LogP contribution in [0.1, 0.15) is 5.56 Å². The normalized spacial score (nSPS) is 7.88. The monoisotopic (exact) mass is 104 g/mol. The van der Waals surface area contributed by atoms with E-state index in [2.05, 4.69) is 5.92 Å². The number of hydrogen-bond donors (Lipinski definition) is 0. The van der Waals surface area contributed by atoms with Crippen LogP contribution in [0.15, 0.2) is 30.3 Å². The van der Waals surface area contributed by atoms with E-state index in [4.69, 9.17) is 6.42 Å². The van der Waals surface area contributed by atoms with Gasteiger partial charge in [0.25, 0.3) is 0 Å². The molecule has 1 aromatic carbocycles. The molecule has 0 amide bonds. The molecule has 0 unspecified atom stereocenters. The van der Waals surface area contributed by atoms with E-state index >= 15 is 0 Å². The van der Waals surface area contributed by atoms with E-state index in [0.717, 1.165) is 5.56 Å². The highest BCUT2D eigenvalue weighted by Crippen LogP contribution is 1.92. The largest absolute Gasteiger partial charge is 0.115 e. The van der Waals surface area contributed by atoms with Gasteiger partial charge in [0.15, 0.2) is 0 Å². The molecule has 8 heavy (non-hydrogen) atoms. The second-order valence-corrected chi connectivity index (χ2v) is 1.51. The molecule has 0 saturated heterocycles. The van der Waals surface area contributed by atoms with Crippen LogP contribution in [0.2, 0.25) is 0 Å². The van der Waals surface area contributed by atoms with Crippen LogP contribution < -0.4 is 0 Å². The SMILES string of the molecule is C#C[13c]1cccc[13cH]1. The lowest BCUT2D eigenvalue weighted by Crippen LogP contribution is -1.66. The topological polar surface area (TPSA) is 0 Å². The highest BCUT2D eigenvalue weighted by molar-refractivity contribution is 5.30. The Morgan fingerprint density at radius 1 is 1.12 bits per heavy atom. The van der Waals surface area contributed by atoms with Gasteiger partial charge in [-0.05, 0) is 12.1 Å². The molecule has 0 fully saturated rings. The first-order valence-electron chi connectivity index (χ1n) is 2.45. The molecule has 1 rings (SSSR count). The average molecular weight is 104 g/mol. The van der Waals surface area contributed by atoms with Crippen LogP contribution in [0, 0.1) is 12.3 Å². The minimum absolute atomic E-state index is 0.938. The van der Waals surface area contributed by atoms with Crippen molar-refractivity contribution in [2.24, 2.45) is 0 Å². The fraction of sp³-hybridized carbons (Fsp3) is 0. The fourth-order valence-corrected chi connectivity index (χ4v) is 0.534. The molecule has 0 bridgehead atoms. The summed E-state index contributed by atoms with van der Waals surface area (Å²) in [6.07, 6.45) is 5.10. The predicted molar refractivity (Wildman–Crippen MR) is 34.4 cm³/mol. The van der Waals surface area contributed by atoms with Gasteiger partial charge in [-0.15, -0.1) is 6.42 Å². The smallest absolute Gasteiger partial charge is 0.0242 e. The summed E-state index contributed by atoms with van der Waals surface area (Å²) in [6.45, 7) is 0. The minimum Gasteiger partial charge on any atom is -0.115 e. The van der Waals surface area contributed by atoms with Crippen molar-refractivity contribution >= 4 is 0 Å². The zero-order valence-electron chi connectivity index (χ0n) is 4.46. The number of rotatable bonds is 0. The van der Waals surface area contributed by atoms with E-state index in [9.17, 15) is 0 Å². The number of hydrogen-bond acceptors (Lipinski definition) is 0. The fourth-order valence-electron chi connectivity index (χ4n) is 0.534. The third kappa shape index (κ3) is 0.886. The summed E-state index contributed by atoms with van der Waals surface area (Å²) < 4.78 is 0. The molecule has 0 aromatic heterocycles. The van der Waals surface area contributed by atoms with E-state index < -0.39 is 0 Å². The molecule has 0 saturated carbocycles. The lowest BCUT2D eigenvalue weighted by atomic mass is 10.5. The van der Waals surface area contributed by atoms with Crippen molar-refractivity contribution in [3.8, 4) is 12.3 Å². The Labute approximate surface area is 49.2 Å². The molecule has 0 aliphatic carbocycles. The quantitative estimate of drug-likeness (QED) is 0.439. The summed E-state index contributed by atoms with van der Waals surface area (Å²) in [4.78, 5) is 0. The maximum absolute atomic E-state index is 5.10. The van der Waals surface area contributed by atoms with Gasteiger partial charge in [-0.3, -0.25) is 0 Å². The molecule has 38 valence electrons. The molecular formula is C8H6. The van der Waals surface area contributed by atoms with Gasteiger partial charge in [0, 0.05) is 5.56 Å². The van der Waals surface area contributed by atoms with Crippen molar-refractivity contribution in [3.63, 3.8) is 0 Å². The minimum atomic E-state index is 0.938. The summed E-state index contributed by atoms with van der Waals surface area (Å²) in [5.74, 6) is 2.53. The van der Waals surface area contributed by atoms with E-state index in [1.165, 1.54) is 0 Å². The predicted octanol–water partition coefficient (Wildman–Crippen LogP) is 1.67. The van der Waals surface area contributed by atoms with Gasteiger partial charge in [0.05, 0.1) is 0 Å². The van der Waals surface area contributed by atoms with Crippen LogP contribution in [0.25, 0.3) is 0 Å². The lowest BCUT2D eigenvalue weighted by molar-refractivity contribution is 1.65. The number of benzene rings is 1. The molecule has 0 heteroatoms. The van der Waals surface area contributed by atoms with E-state index in [1.54, 1.807) is 0 Å². The Hall–Kier alpha value is -1.22. The van der Waals surface area contributed by atoms with Gasteiger partial charge in [-0.2, -0.15) is 0 Å². The Morgan fingerprint density at radius 2 is 1.75 bits per heavy atom. The van der Waals surface area contributed by atoms with Crippen molar-refractivity contribution in [1.82, 2.24) is 0 Å². The molecule has 0 nitrogen and oxygen atoms in total. The van der Waals surface area contributed by atoms with Crippen molar-refractivity contribution in [3.05, 3.63) is 35.9 Å². The first-order chi connectivity index (χ1) is 3.93. The highest BCUT2D eigenvalue weighted by Gasteiger charge is 1.76. The van der Waals surface area contributed by atoms with Crippen molar-refractivity contribution < 1.29 is 0 Å². The molecule has 0 aliphatic rings. The van der Waals surface area contributed by atoms with Crippen molar-refractivity contribution in [2.75, 3.05) is 0 Å². The lowest BCUT2D eigenvalue weighted by Gasteiger charge is -1.82. The van der Waals surface area contributed by atoms with Crippen molar-refractivity contribution in [1.29, 1.82) is 0 Å².